The van der Waals surface area contributed by atoms with Crippen LogP contribution in [0, 0.1) is 0 Å². The molecule has 0 bridgehead atoms. The number of alkyl halides is 1. The number of rotatable bonds is 2. The fourth-order valence-corrected chi connectivity index (χ4v) is 2.00. The molecule has 1 saturated heterocycles. The van der Waals surface area contributed by atoms with Crippen molar-refractivity contribution >= 4 is 21.8 Å². The lowest BCUT2D eigenvalue weighted by Crippen LogP contribution is -2.47. The zero-order valence-corrected chi connectivity index (χ0v) is 9.46. The van der Waals surface area contributed by atoms with Gasteiger partial charge in [-0.05, 0) is 19.8 Å². The van der Waals surface area contributed by atoms with Crippen LogP contribution in [0.3, 0.4) is 0 Å². The summed E-state index contributed by atoms with van der Waals surface area (Å²) in [6.45, 7) is 2.55. The van der Waals surface area contributed by atoms with Crippen molar-refractivity contribution in [2.75, 3.05) is 11.9 Å². The molecule has 2 atom stereocenters. The van der Waals surface area contributed by atoms with Gasteiger partial charge < -0.3 is 10.0 Å². The minimum Gasteiger partial charge on any atom is -0.391 e. The van der Waals surface area contributed by atoms with E-state index in [1.807, 2.05) is 6.92 Å². The molecule has 2 unspecified atom stereocenters. The molecule has 0 aromatic heterocycles. The fraction of sp³-hybridized carbons (Fsp3) is 0.889. The number of hydrogen-bond acceptors (Lipinski definition) is 2. The van der Waals surface area contributed by atoms with Gasteiger partial charge in [0.05, 0.1) is 6.10 Å². The van der Waals surface area contributed by atoms with Gasteiger partial charge >= 0.3 is 0 Å². The molecule has 1 fully saturated rings. The van der Waals surface area contributed by atoms with Crippen LogP contribution in [0.15, 0.2) is 0 Å². The van der Waals surface area contributed by atoms with Gasteiger partial charge in [-0.25, -0.2) is 0 Å². The molecule has 3 nitrogen and oxygen atoms in total. The van der Waals surface area contributed by atoms with E-state index < -0.39 is 0 Å². The number of amides is 1. The summed E-state index contributed by atoms with van der Waals surface area (Å²) in [6, 6.07) is 0.287. The Labute approximate surface area is 87.2 Å². The minimum atomic E-state index is -0.324. The molecule has 0 saturated carbocycles. The molecule has 13 heavy (non-hydrogen) atoms. The summed E-state index contributed by atoms with van der Waals surface area (Å²) in [5.41, 5.74) is 0. The van der Waals surface area contributed by atoms with Crippen molar-refractivity contribution in [3.63, 3.8) is 0 Å². The maximum Gasteiger partial charge on any atom is 0.223 e. The number of likely N-dealkylation sites (tertiary alicyclic amines) is 1. The summed E-state index contributed by atoms with van der Waals surface area (Å²) in [7, 11) is 0. The van der Waals surface area contributed by atoms with Crippen molar-refractivity contribution in [2.45, 2.75) is 38.3 Å². The Morgan fingerprint density at radius 1 is 1.62 bits per heavy atom. The summed E-state index contributed by atoms with van der Waals surface area (Å²) < 4.78 is 0. The highest BCUT2D eigenvalue weighted by atomic mass is 79.9. The van der Waals surface area contributed by atoms with E-state index in [0.29, 0.717) is 18.3 Å². The van der Waals surface area contributed by atoms with Crippen LogP contribution < -0.4 is 0 Å². The second-order valence-corrected chi connectivity index (χ2v) is 4.36. The largest absolute Gasteiger partial charge is 0.391 e. The maximum atomic E-state index is 11.5. The third kappa shape index (κ3) is 2.95. The number of nitrogens with zero attached hydrogens (tertiary/aromatic N) is 1. The van der Waals surface area contributed by atoms with E-state index in [9.17, 15) is 9.90 Å². The monoisotopic (exact) mass is 249 g/mol. The lowest BCUT2D eigenvalue weighted by molar-refractivity contribution is -0.136. The Morgan fingerprint density at radius 2 is 2.31 bits per heavy atom. The molecule has 1 aliphatic rings. The standard InChI is InChI=1S/C9H16BrNO2/c1-7-2-3-8(12)6-11(7)9(13)4-5-10/h7-8,12H,2-6H2,1H3. The highest BCUT2D eigenvalue weighted by molar-refractivity contribution is 9.09. The zero-order chi connectivity index (χ0) is 9.84. The molecule has 1 amide bonds. The molecule has 76 valence electrons. The summed E-state index contributed by atoms with van der Waals surface area (Å²) in [5.74, 6) is 0.142. The number of β-amino-alcohol motifs (C(OH)–C–C–N with tert-alkyl or cyclic N) is 1. The molecule has 1 heterocycles. The van der Waals surface area contributed by atoms with E-state index >= 15 is 0 Å². The molecule has 0 spiro atoms. The first kappa shape index (κ1) is 11.0. The Kier molecular flexibility index (Phi) is 4.19. The van der Waals surface area contributed by atoms with Gasteiger partial charge in [0.2, 0.25) is 5.91 Å². The summed E-state index contributed by atoms with van der Waals surface area (Å²) in [5, 5.41) is 10.1. The van der Waals surface area contributed by atoms with Crippen molar-refractivity contribution in [2.24, 2.45) is 0 Å². The van der Waals surface area contributed by atoms with E-state index in [1.54, 1.807) is 4.90 Å². The van der Waals surface area contributed by atoms with E-state index in [4.69, 9.17) is 0 Å². The van der Waals surface area contributed by atoms with Crippen molar-refractivity contribution in [1.82, 2.24) is 4.90 Å². The first-order valence-corrected chi connectivity index (χ1v) is 5.80. The van der Waals surface area contributed by atoms with Crippen LogP contribution in [0.5, 0.6) is 0 Å². The number of aliphatic hydroxyl groups is 1. The predicted molar refractivity (Wildman–Crippen MR) is 54.8 cm³/mol. The van der Waals surface area contributed by atoms with Gasteiger partial charge in [-0.1, -0.05) is 15.9 Å². The predicted octanol–water partition coefficient (Wildman–Crippen LogP) is 1.14. The Morgan fingerprint density at radius 3 is 2.92 bits per heavy atom. The van der Waals surface area contributed by atoms with Crippen LogP contribution in [0.2, 0.25) is 0 Å². The third-order valence-corrected chi connectivity index (χ3v) is 2.88. The van der Waals surface area contributed by atoms with Crippen LogP contribution in [0.4, 0.5) is 0 Å². The second-order valence-electron chi connectivity index (χ2n) is 3.57. The molecular weight excluding hydrogens is 234 g/mol. The third-order valence-electron chi connectivity index (χ3n) is 2.49. The van der Waals surface area contributed by atoms with Crippen molar-refractivity contribution < 1.29 is 9.90 Å². The van der Waals surface area contributed by atoms with Gasteiger partial charge in [-0.15, -0.1) is 0 Å². The van der Waals surface area contributed by atoms with Crippen LogP contribution in [-0.2, 0) is 4.79 Å². The molecule has 0 aromatic carbocycles. The molecule has 1 N–H and O–H groups in total. The Hall–Kier alpha value is -0.0900. The van der Waals surface area contributed by atoms with Crippen LogP contribution in [0.1, 0.15) is 26.2 Å². The average Bonchev–Trinajstić information content (AvgIpc) is 2.09. The molecule has 0 radical (unpaired) electrons. The Bertz CT molecular complexity index is 186. The van der Waals surface area contributed by atoms with Gasteiger partial charge in [-0.2, -0.15) is 0 Å². The Balaban J connectivity index is 2.50. The summed E-state index contributed by atoms with van der Waals surface area (Å²) in [6.07, 6.45) is 1.93. The number of carbonyl (C=O) groups is 1. The minimum absolute atomic E-state index is 0.142. The molecular formula is C9H16BrNO2. The fourth-order valence-electron chi connectivity index (χ4n) is 1.66. The van der Waals surface area contributed by atoms with Crippen molar-refractivity contribution in [3.8, 4) is 0 Å². The normalized spacial score (nSPS) is 29.0. The highest BCUT2D eigenvalue weighted by Gasteiger charge is 2.26. The van der Waals surface area contributed by atoms with E-state index in [-0.39, 0.29) is 18.1 Å². The molecule has 1 rings (SSSR count). The molecule has 0 aliphatic carbocycles. The molecule has 0 aromatic rings. The first-order chi connectivity index (χ1) is 6.15. The quantitative estimate of drug-likeness (QED) is 0.747. The number of carbonyl (C=O) groups excluding carboxylic acids is 1. The van der Waals surface area contributed by atoms with Gasteiger partial charge in [-0.3, -0.25) is 4.79 Å². The SMILES string of the molecule is CC1CCC(O)CN1C(=O)CCBr. The number of hydrogen-bond donors (Lipinski definition) is 1. The lowest BCUT2D eigenvalue weighted by atomic mass is 10.0. The van der Waals surface area contributed by atoms with Crippen LogP contribution in [-0.4, -0.2) is 39.9 Å². The van der Waals surface area contributed by atoms with Crippen molar-refractivity contribution in [3.05, 3.63) is 0 Å². The smallest absolute Gasteiger partial charge is 0.223 e. The van der Waals surface area contributed by atoms with Gasteiger partial charge in [0.1, 0.15) is 0 Å². The first-order valence-electron chi connectivity index (χ1n) is 4.68. The van der Waals surface area contributed by atoms with E-state index in [0.717, 1.165) is 12.8 Å². The van der Waals surface area contributed by atoms with Gasteiger partial charge in [0, 0.05) is 24.3 Å². The number of aliphatic hydroxyl groups excluding tert-OH is 1. The second kappa shape index (κ2) is 4.96. The lowest BCUT2D eigenvalue weighted by Gasteiger charge is -2.36. The molecule has 1 aliphatic heterocycles. The van der Waals surface area contributed by atoms with Gasteiger partial charge in [0.15, 0.2) is 0 Å². The van der Waals surface area contributed by atoms with Crippen LogP contribution in [0.25, 0.3) is 0 Å². The average molecular weight is 250 g/mol. The van der Waals surface area contributed by atoms with E-state index in [2.05, 4.69) is 15.9 Å². The zero-order valence-electron chi connectivity index (χ0n) is 7.87. The number of piperidine rings is 1. The maximum absolute atomic E-state index is 11.5. The van der Waals surface area contributed by atoms with Crippen LogP contribution >= 0.6 is 15.9 Å². The summed E-state index contributed by atoms with van der Waals surface area (Å²) in [4.78, 5) is 13.3. The molecule has 4 heteroatoms. The number of halogens is 1. The highest BCUT2D eigenvalue weighted by Crippen LogP contribution is 2.17. The van der Waals surface area contributed by atoms with Crippen molar-refractivity contribution in [1.29, 1.82) is 0 Å². The van der Waals surface area contributed by atoms with E-state index in [1.165, 1.54) is 0 Å². The topological polar surface area (TPSA) is 40.5 Å². The summed E-state index contributed by atoms with van der Waals surface area (Å²) >= 11 is 3.24. The van der Waals surface area contributed by atoms with Gasteiger partial charge in [0.25, 0.3) is 0 Å².